The maximum Gasteiger partial charge on any atom is 0.407 e. The number of nitrogens with one attached hydrogen (secondary N) is 1. The summed E-state index contributed by atoms with van der Waals surface area (Å²) < 4.78 is 5.24. The van der Waals surface area contributed by atoms with Gasteiger partial charge in [-0.25, -0.2) is 4.79 Å². The second-order valence-electron chi connectivity index (χ2n) is 6.67. The zero-order valence-corrected chi connectivity index (χ0v) is 13.5. The monoisotopic (exact) mass is 286 g/mol. The maximum absolute atomic E-state index is 11.7. The zero-order chi connectivity index (χ0) is 15.3. The van der Waals surface area contributed by atoms with Crippen molar-refractivity contribution >= 4 is 6.09 Å². The molecular weight excluding hydrogens is 256 g/mol. The summed E-state index contributed by atoms with van der Waals surface area (Å²) in [6.07, 6.45) is 0.773. The van der Waals surface area contributed by atoms with Crippen molar-refractivity contribution in [2.75, 3.05) is 40.3 Å². The molecule has 1 aliphatic rings. The summed E-state index contributed by atoms with van der Waals surface area (Å²) in [5, 5.41) is 2.81. The van der Waals surface area contributed by atoms with Crippen molar-refractivity contribution in [3.05, 3.63) is 0 Å². The summed E-state index contributed by atoms with van der Waals surface area (Å²) in [6.45, 7) is 8.67. The van der Waals surface area contributed by atoms with Crippen molar-refractivity contribution in [1.82, 2.24) is 15.1 Å². The van der Waals surface area contributed by atoms with E-state index in [9.17, 15) is 4.79 Å². The molecule has 0 saturated carbocycles. The summed E-state index contributed by atoms with van der Waals surface area (Å²) in [5.74, 6) is 0. The number of carbonyl (C=O) groups excluding carboxylic acids is 1. The lowest BCUT2D eigenvalue weighted by atomic mass is 10.2. The molecule has 6 nitrogen and oxygen atoms in total. The van der Waals surface area contributed by atoms with Gasteiger partial charge in [0.05, 0.1) is 0 Å². The molecule has 1 aliphatic heterocycles. The Morgan fingerprint density at radius 2 is 2.15 bits per heavy atom. The second-order valence-corrected chi connectivity index (χ2v) is 6.67. The highest BCUT2D eigenvalue weighted by Gasteiger charge is 2.29. The Morgan fingerprint density at radius 3 is 2.60 bits per heavy atom. The predicted molar refractivity (Wildman–Crippen MR) is 80.7 cm³/mol. The Balaban J connectivity index is 2.39. The van der Waals surface area contributed by atoms with Crippen LogP contribution in [0.25, 0.3) is 0 Å². The van der Waals surface area contributed by atoms with E-state index in [1.807, 2.05) is 20.8 Å². The molecule has 0 bridgehead atoms. The standard InChI is InChI=1S/C14H30N4O2/c1-14(2,3)20-13(19)16-9-12(8-15)18-7-6-11(10-18)17(4)5/h11-12H,6-10,15H2,1-5H3,(H,16,19). The van der Waals surface area contributed by atoms with Crippen molar-refractivity contribution < 1.29 is 9.53 Å². The third-order valence-corrected chi connectivity index (χ3v) is 3.59. The van der Waals surface area contributed by atoms with Gasteiger partial charge in [0.15, 0.2) is 0 Å². The lowest BCUT2D eigenvalue weighted by Crippen LogP contribution is -2.48. The van der Waals surface area contributed by atoms with E-state index < -0.39 is 5.60 Å². The Morgan fingerprint density at radius 1 is 1.50 bits per heavy atom. The molecule has 2 atom stereocenters. The lowest BCUT2D eigenvalue weighted by molar-refractivity contribution is 0.0511. The number of alkyl carbamates (subject to hydrolysis) is 1. The SMILES string of the molecule is CN(C)C1CCN(C(CN)CNC(=O)OC(C)(C)C)C1. The van der Waals surface area contributed by atoms with Crippen LogP contribution < -0.4 is 11.1 Å². The number of hydrogen-bond donors (Lipinski definition) is 2. The fourth-order valence-electron chi connectivity index (χ4n) is 2.40. The van der Waals surface area contributed by atoms with Crippen LogP contribution in [-0.2, 0) is 4.74 Å². The summed E-state index contributed by atoms with van der Waals surface area (Å²) in [6, 6.07) is 0.748. The first-order valence-corrected chi connectivity index (χ1v) is 7.30. The van der Waals surface area contributed by atoms with Crippen molar-refractivity contribution in [1.29, 1.82) is 0 Å². The summed E-state index contributed by atoms with van der Waals surface area (Å²) in [7, 11) is 4.20. The molecule has 6 heteroatoms. The molecule has 1 fully saturated rings. The number of ether oxygens (including phenoxy) is 1. The Hall–Kier alpha value is -0.850. The van der Waals surface area contributed by atoms with Crippen LogP contribution in [0.3, 0.4) is 0 Å². The van der Waals surface area contributed by atoms with E-state index in [1.54, 1.807) is 0 Å². The van der Waals surface area contributed by atoms with E-state index >= 15 is 0 Å². The van der Waals surface area contributed by atoms with Crippen LogP contribution in [0.4, 0.5) is 4.79 Å². The lowest BCUT2D eigenvalue weighted by Gasteiger charge is -2.28. The molecule has 2 unspecified atom stereocenters. The van der Waals surface area contributed by atoms with E-state index in [4.69, 9.17) is 10.5 Å². The maximum atomic E-state index is 11.7. The van der Waals surface area contributed by atoms with Crippen LogP contribution in [0.15, 0.2) is 0 Å². The van der Waals surface area contributed by atoms with E-state index in [1.165, 1.54) is 0 Å². The van der Waals surface area contributed by atoms with Gasteiger partial charge in [-0.2, -0.15) is 0 Å². The molecule has 0 radical (unpaired) electrons. The van der Waals surface area contributed by atoms with Gasteiger partial charge in [-0.15, -0.1) is 0 Å². The van der Waals surface area contributed by atoms with Crippen LogP contribution in [0.5, 0.6) is 0 Å². The smallest absolute Gasteiger partial charge is 0.407 e. The topological polar surface area (TPSA) is 70.8 Å². The predicted octanol–water partition coefficient (Wildman–Crippen LogP) is 0.474. The van der Waals surface area contributed by atoms with Crippen LogP contribution in [0.1, 0.15) is 27.2 Å². The largest absolute Gasteiger partial charge is 0.444 e. The number of likely N-dealkylation sites (tertiary alicyclic amines) is 1. The number of carbonyl (C=O) groups is 1. The molecule has 20 heavy (non-hydrogen) atoms. The molecule has 0 aromatic carbocycles. The van der Waals surface area contributed by atoms with Gasteiger partial charge in [0.25, 0.3) is 0 Å². The molecule has 0 aromatic rings. The molecule has 0 spiro atoms. The zero-order valence-electron chi connectivity index (χ0n) is 13.5. The fraction of sp³-hybridized carbons (Fsp3) is 0.929. The number of rotatable bonds is 5. The third-order valence-electron chi connectivity index (χ3n) is 3.59. The van der Waals surface area contributed by atoms with Gasteiger partial charge in [0.1, 0.15) is 5.60 Å². The van der Waals surface area contributed by atoms with Crippen LogP contribution >= 0.6 is 0 Å². The Bertz CT molecular complexity index is 315. The highest BCUT2D eigenvalue weighted by Crippen LogP contribution is 2.15. The van der Waals surface area contributed by atoms with Crippen LogP contribution in [-0.4, -0.2) is 73.9 Å². The first-order chi connectivity index (χ1) is 9.23. The van der Waals surface area contributed by atoms with Gasteiger partial charge < -0.3 is 20.7 Å². The van der Waals surface area contributed by atoms with Crippen molar-refractivity contribution in [3.8, 4) is 0 Å². The molecule has 0 aromatic heterocycles. The van der Waals surface area contributed by atoms with Crippen molar-refractivity contribution in [3.63, 3.8) is 0 Å². The molecule has 0 aliphatic carbocycles. The van der Waals surface area contributed by atoms with E-state index in [-0.39, 0.29) is 12.1 Å². The van der Waals surface area contributed by atoms with Crippen molar-refractivity contribution in [2.24, 2.45) is 5.73 Å². The number of nitrogens with two attached hydrogens (primary N) is 1. The average Bonchev–Trinajstić information content (AvgIpc) is 2.77. The van der Waals surface area contributed by atoms with Gasteiger partial charge in [-0.3, -0.25) is 4.90 Å². The minimum Gasteiger partial charge on any atom is -0.444 e. The number of hydrogen-bond acceptors (Lipinski definition) is 5. The minimum atomic E-state index is -0.466. The fourth-order valence-corrected chi connectivity index (χ4v) is 2.40. The second kappa shape index (κ2) is 7.24. The summed E-state index contributed by atoms with van der Waals surface area (Å²) >= 11 is 0. The molecule has 1 rings (SSSR count). The Kier molecular flexibility index (Phi) is 6.23. The molecule has 118 valence electrons. The first kappa shape index (κ1) is 17.2. The molecule has 1 amide bonds. The van der Waals surface area contributed by atoms with Crippen LogP contribution in [0, 0.1) is 0 Å². The van der Waals surface area contributed by atoms with Crippen molar-refractivity contribution in [2.45, 2.75) is 44.9 Å². The van der Waals surface area contributed by atoms with E-state index in [2.05, 4.69) is 29.2 Å². The quantitative estimate of drug-likeness (QED) is 0.769. The van der Waals surface area contributed by atoms with Gasteiger partial charge in [0, 0.05) is 38.3 Å². The van der Waals surface area contributed by atoms with Crippen LogP contribution in [0.2, 0.25) is 0 Å². The number of nitrogens with zero attached hydrogens (tertiary/aromatic N) is 2. The minimum absolute atomic E-state index is 0.174. The summed E-state index contributed by atoms with van der Waals surface area (Å²) in [4.78, 5) is 16.3. The number of amides is 1. The summed E-state index contributed by atoms with van der Waals surface area (Å²) in [5.41, 5.74) is 5.37. The highest BCUT2D eigenvalue weighted by atomic mass is 16.6. The van der Waals surface area contributed by atoms with E-state index in [0.717, 1.165) is 19.5 Å². The van der Waals surface area contributed by atoms with Gasteiger partial charge in [0.2, 0.25) is 0 Å². The van der Waals surface area contributed by atoms with Gasteiger partial charge in [-0.05, 0) is 41.3 Å². The van der Waals surface area contributed by atoms with E-state index in [0.29, 0.717) is 19.1 Å². The molecule has 1 heterocycles. The molecular formula is C14H30N4O2. The molecule has 1 saturated heterocycles. The van der Waals surface area contributed by atoms with Gasteiger partial charge >= 0.3 is 6.09 Å². The Labute approximate surface area is 122 Å². The first-order valence-electron chi connectivity index (χ1n) is 7.30. The highest BCUT2D eigenvalue weighted by molar-refractivity contribution is 5.67. The third kappa shape index (κ3) is 5.64. The van der Waals surface area contributed by atoms with Gasteiger partial charge in [-0.1, -0.05) is 0 Å². The average molecular weight is 286 g/mol. The molecule has 3 N–H and O–H groups in total. The number of likely N-dealkylation sites (N-methyl/N-ethyl adjacent to an activating group) is 1. The normalized spacial score (nSPS) is 22.1.